The third-order valence-electron chi connectivity index (χ3n) is 3.14. The monoisotopic (exact) mass is 359 g/mol. The fraction of sp³-hybridized carbons (Fsp3) is 0.125. The molecule has 1 N–H and O–H groups in total. The van der Waals surface area contributed by atoms with Crippen LogP contribution in [0.3, 0.4) is 0 Å². The van der Waals surface area contributed by atoms with Gasteiger partial charge in [-0.1, -0.05) is 41.6 Å². The number of amides is 1. The normalized spacial score (nSPS) is 10.6. The summed E-state index contributed by atoms with van der Waals surface area (Å²) in [6, 6.07) is 13.1. The van der Waals surface area contributed by atoms with E-state index in [0.29, 0.717) is 16.0 Å². The summed E-state index contributed by atoms with van der Waals surface area (Å²) in [4.78, 5) is 16.1. The lowest BCUT2D eigenvalue weighted by Crippen LogP contribution is -2.15. The predicted molar refractivity (Wildman–Crippen MR) is 94.7 cm³/mol. The number of carbonyl (C=O) groups is 1. The topological polar surface area (TPSA) is 72.7 Å². The summed E-state index contributed by atoms with van der Waals surface area (Å²) in [5, 5.41) is 12.1. The lowest BCUT2D eigenvalue weighted by Gasteiger charge is -2.08. The van der Waals surface area contributed by atoms with Gasteiger partial charge in [-0.05, 0) is 31.2 Å². The summed E-state index contributed by atoms with van der Waals surface area (Å²) in [7, 11) is 0. The van der Waals surface area contributed by atoms with Crippen molar-refractivity contribution >= 4 is 35.1 Å². The molecule has 0 aliphatic rings. The number of halogens is 1. The van der Waals surface area contributed by atoms with Crippen LogP contribution in [0.25, 0.3) is 5.69 Å². The summed E-state index contributed by atoms with van der Waals surface area (Å²) in [5.74, 6) is 1.26. The zero-order valence-electron chi connectivity index (χ0n) is 12.8. The van der Waals surface area contributed by atoms with Crippen molar-refractivity contribution in [1.82, 2.24) is 19.7 Å². The molecule has 122 valence electrons. The molecule has 8 heteroatoms. The highest BCUT2D eigenvalue weighted by Crippen LogP contribution is 2.21. The molecule has 2 heterocycles. The van der Waals surface area contributed by atoms with Crippen molar-refractivity contribution in [2.45, 2.75) is 12.1 Å². The van der Waals surface area contributed by atoms with Gasteiger partial charge in [0.25, 0.3) is 0 Å². The molecule has 0 aliphatic carbocycles. The fourth-order valence-corrected chi connectivity index (χ4v) is 2.98. The number of aryl methyl sites for hydroxylation is 1. The van der Waals surface area contributed by atoms with Crippen molar-refractivity contribution in [2.75, 3.05) is 11.1 Å². The van der Waals surface area contributed by atoms with Crippen molar-refractivity contribution in [3.8, 4) is 5.69 Å². The summed E-state index contributed by atoms with van der Waals surface area (Å²) >= 11 is 7.09. The number of hydrogen-bond acceptors (Lipinski definition) is 5. The van der Waals surface area contributed by atoms with Crippen LogP contribution >= 0.6 is 23.4 Å². The first-order chi connectivity index (χ1) is 11.6. The number of carbonyl (C=O) groups excluding carboxylic acids is 1. The Kier molecular flexibility index (Phi) is 5.12. The first kappa shape index (κ1) is 16.5. The molecule has 3 aromatic rings. The van der Waals surface area contributed by atoms with Gasteiger partial charge in [-0.2, -0.15) is 0 Å². The standard InChI is InChI=1S/C16H14ClN5OS/c1-11-20-21-16(22(11)13-5-3-2-4-6-13)24-10-15(23)19-14-8-7-12(17)9-18-14/h2-9H,10H2,1H3,(H,18,19,23). The van der Waals surface area contributed by atoms with E-state index in [2.05, 4.69) is 20.5 Å². The average molecular weight is 360 g/mol. The number of benzene rings is 1. The van der Waals surface area contributed by atoms with Gasteiger partial charge in [0.1, 0.15) is 11.6 Å². The Morgan fingerprint density at radius 1 is 1.21 bits per heavy atom. The van der Waals surface area contributed by atoms with E-state index in [9.17, 15) is 4.79 Å². The number of nitrogens with one attached hydrogen (secondary N) is 1. The van der Waals surface area contributed by atoms with Crippen LogP contribution < -0.4 is 5.32 Å². The highest BCUT2D eigenvalue weighted by Gasteiger charge is 2.13. The van der Waals surface area contributed by atoms with Gasteiger partial charge in [-0.15, -0.1) is 10.2 Å². The molecule has 6 nitrogen and oxygen atoms in total. The number of para-hydroxylation sites is 1. The van der Waals surface area contributed by atoms with E-state index in [1.807, 2.05) is 41.8 Å². The minimum atomic E-state index is -0.171. The van der Waals surface area contributed by atoms with Crippen LogP contribution in [0.5, 0.6) is 0 Å². The van der Waals surface area contributed by atoms with Crippen molar-refractivity contribution in [2.24, 2.45) is 0 Å². The Hall–Kier alpha value is -2.38. The Morgan fingerprint density at radius 2 is 2.00 bits per heavy atom. The van der Waals surface area contributed by atoms with Crippen LogP contribution in [0.4, 0.5) is 5.82 Å². The van der Waals surface area contributed by atoms with E-state index in [-0.39, 0.29) is 11.7 Å². The van der Waals surface area contributed by atoms with Crippen LogP contribution in [-0.2, 0) is 4.79 Å². The number of rotatable bonds is 5. The minimum Gasteiger partial charge on any atom is -0.310 e. The Morgan fingerprint density at radius 3 is 2.71 bits per heavy atom. The highest BCUT2D eigenvalue weighted by atomic mass is 35.5. The number of thioether (sulfide) groups is 1. The molecule has 3 rings (SSSR count). The Bertz CT molecular complexity index is 835. The Labute approximate surface area is 148 Å². The smallest absolute Gasteiger partial charge is 0.236 e. The Balaban J connectivity index is 1.67. The number of nitrogens with zero attached hydrogens (tertiary/aromatic N) is 4. The van der Waals surface area contributed by atoms with E-state index in [4.69, 9.17) is 11.6 Å². The summed E-state index contributed by atoms with van der Waals surface area (Å²) in [6.07, 6.45) is 1.49. The zero-order valence-corrected chi connectivity index (χ0v) is 14.4. The van der Waals surface area contributed by atoms with Crippen LogP contribution in [-0.4, -0.2) is 31.4 Å². The van der Waals surface area contributed by atoms with E-state index in [0.717, 1.165) is 11.5 Å². The SMILES string of the molecule is Cc1nnc(SCC(=O)Nc2ccc(Cl)cn2)n1-c1ccccc1. The molecule has 1 aromatic carbocycles. The molecule has 0 radical (unpaired) electrons. The van der Waals surface area contributed by atoms with Crippen molar-refractivity contribution in [3.05, 3.63) is 59.5 Å². The lowest BCUT2D eigenvalue weighted by molar-refractivity contribution is -0.113. The number of aromatic nitrogens is 4. The van der Waals surface area contributed by atoms with Gasteiger partial charge in [-0.25, -0.2) is 4.98 Å². The van der Waals surface area contributed by atoms with Gasteiger partial charge >= 0.3 is 0 Å². The second kappa shape index (κ2) is 7.46. The summed E-state index contributed by atoms with van der Waals surface area (Å²) < 4.78 is 1.92. The van der Waals surface area contributed by atoms with E-state index in [1.54, 1.807) is 12.1 Å². The minimum absolute atomic E-state index is 0.171. The van der Waals surface area contributed by atoms with Crippen LogP contribution in [0.15, 0.2) is 53.8 Å². The molecule has 0 aliphatic heterocycles. The molecule has 0 bridgehead atoms. The van der Waals surface area contributed by atoms with Gasteiger partial charge in [0, 0.05) is 11.9 Å². The summed E-state index contributed by atoms with van der Waals surface area (Å²) in [6.45, 7) is 1.88. The van der Waals surface area contributed by atoms with Gasteiger partial charge in [0.05, 0.1) is 10.8 Å². The number of anilines is 1. The lowest BCUT2D eigenvalue weighted by atomic mass is 10.3. The van der Waals surface area contributed by atoms with Gasteiger partial charge in [0.2, 0.25) is 5.91 Å². The highest BCUT2D eigenvalue weighted by molar-refractivity contribution is 7.99. The van der Waals surface area contributed by atoms with Gasteiger partial charge < -0.3 is 5.32 Å². The summed E-state index contributed by atoms with van der Waals surface area (Å²) in [5.41, 5.74) is 0.960. The van der Waals surface area contributed by atoms with E-state index >= 15 is 0 Å². The van der Waals surface area contributed by atoms with E-state index in [1.165, 1.54) is 18.0 Å². The maximum atomic E-state index is 12.1. The molecule has 0 fully saturated rings. The molecular weight excluding hydrogens is 346 g/mol. The molecule has 0 saturated carbocycles. The number of pyridine rings is 1. The molecule has 0 atom stereocenters. The van der Waals surface area contributed by atoms with Crippen LogP contribution in [0.1, 0.15) is 5.82 Å². The second-order valence-electron chi connectivity index (χ2n) is 4.90. The fourth-order valence-electron chi connectivity index (χ4n) is 2.07. The third kappa shape index (κ3) is 3.93. The first-order valence-electron chi connectivity index (χ1n) is 7.15. The molecule has 0 saturated heterocycles. The molecule has 0 unspecified atom stereocenters. The maximum absolute atomic E-state index is 12.1. The quantitative estimate of drug-likeness (QED) is 0.707. The van der Waals surface area contributed by atoms with Gasteiger partial charge in [-0.3, -0.25) is 9.36 Å². The molecule has 24 heavy (non-hydrogen) atoms. The largest absolute Gasteiger partial charge is 0.310 e. The molecule has 1 amide bonds. The van der Waals surface area contributed by atoms with Crippen molar-refractivity contribution in [3.63, 3.8) is 0 Å². The maximum Gasteiger partial charge on any atom is 0.236 e. The van der Waals surface area contributed by atoms with Gasteiger partial charge in [0.15, 0.2) is 5.16 Å². The zero-order chi connectivity index (χ0) is 16.9. The molecule has 2 aromatic heterocycles. The molecular formula is C16H14ClN5OS. The van der Waals surface area contributed by atoms with E-state index < -0.39 is 0 Å². The first-order valence-corrected chi connectivity index (χ1v) is 8.51. The van der Waals surface area contributed by atoms with Crippen molar-refractivity contribution in [1.29, 1.82) is 0 Å². The van der Waals surface area contributed by atoms with Crippen molar-refractivity contribution < 1.29 is 4.79 Å². The molecule has 0 spiro atoms. The third-order valence-corrected chi connectivity index (χ3v) is 4.29. The van der Waals surface area contributed by atoms with Crippen LogP contribution in [0, 0.1) is 6.92 Å². The van der Waals surface area contributed by atoms with Crippen LogP contribution in [0.2, 0.25) is 5.02 Å². The predicted octanol–water partition coefficient (Wildman–Crippen LogP) is 3.35. The second-order valence-corrected chi connectivity index (χ2v) is 6.28. The average Bonchev–Trinajstić information content (AvgIpc) is 2.96. The number of hydrogen-bond donors (Lipinski definition) is 1.